The molecule has 0 aliphatic carbocycles. The lowest BCUT2D eigenvalue weighted by atomic mass is 10.1. The summed E-state index contributed by atoms with van der Waals surface area (Å²) in [6.45, 7) is 7.34. The summed E-state index contributed by atoms with van der Waals surface area (Å²) in [4.78, 5) is 27.8. The predicted octanol–water partition coefficient (Wildman–Crippen LogP) is 2.01. The van der Waals surface area contributed by atoms with Gasteiger partial charge in [-0.2, -0.15) is 0 Å². The van der Waals surface area contributed by atoms with Crippen molar-refractivity contribution >= 4 is 23.0 Å². The quantitative estimate of drug-likeness (QED) is 0.778. The van der Waals surface area contributed by atoms with Gasteiger partial charge in [-0.1, -0.05) is 6.92 Å². The molecule has 19 heavy (non-hydrogen) atoms. The molecule has 1 amide bonds. The number of aryl methyl sites for hydroxylation is 2. The minimum Gasteiger partial charge on any atom is -0.358 e. The summed E-state index contributed by atoms with van der Waals surface area (Å²) >= 11 is 1.64. The fourth-order valence-electron chi connectivity index (χ4n) is 2.01. The largest absolute Gasteiger partial charge is 0.358 e. The average Bonchev–Trinajstić information content (AvgIpc) is 2.68. The number of rotatable bonds is 7. The van der Waals surface area contributed by atoms with Crippen LogP contribution in [0, 0.1) is 13.8 Å². The maximum Gasteiger partial charge on any atom is 0.233 e. The van der Waals surface area contributed by atoms with Crippen molar-refractivity contribution in [3.05, 3.63) is 21.4 Å². The molecule has 106 valence electrons. The van der Waals surface area contributed by atoms with Gasteiger partial charge in [-0.15, -0.1) is 11.3 Å². The molecule has 4 nitrogen and oxygen atoms in total. The van der Waals surface area contributed by atoms with Crippen molar-refractivity contribution in [3.8, 4) is 0 Å². The summed E-state index contributed by atoms with van der Waals surface area (Å²) in [5.74, 6) is 0.0404. The fraction of sp³-hybridized carbons (Fsp3) is 0.571. The van der Waals surface area contributed by atoms with Crippen molar-refractivity contribution in [2.45, 2.75) is 27.2 Å². The third-order valence-corrected chi connectivity index (χ3v) is 3.86. The molecule has 0 fully saturated rings. The van der Waals surface area contributed by atoms with Crippen LogP contribution < -0.4 is 5.32 Å². The summed E-state index contributed by atoms with van der Waals surface area (Å²) in [5, 5.41) is 2.59. The molecule has 5 heteroatoms. The highest BCUT2D eigenvalue weighted by molar-refractivity contribution is 7.12. The number of Topliss-reactive ketones (excluding diaryl/α,β-unsaturated/α-hetero) is 1. The molecular weight excluding hydrogens is 260 g/mol. The zero-order chi connectivity index (χ0) is 14.4. The molecule has 0 radical (unpaired) electrons. The molecule has 0 saturated carbocycles. The van der Waals surface area contributed by atoms with Gasteiger partial charge < -0.3 is 5.32 Å². The zero-order valence-electron chi connectivity index (χ0n) is 12.1. The summed E-state index contributed by atoms with van der Waals surface area (Å²) in [7, 11) is 1.61. The van der Waals surface area contributed by atoms with Gasteiger partial charge in [-0.3, -0.25) is 14.5 Å². The molecule has 0 atom stereocenters. The van der Waals surface area contributed by atoms with E-state index in [0.29, 0.717) is 6.54 Å². The molecule has 1 rings (SSSR count). The molecule has 0 aliphatic rings. The molecule has 0 spiro atoms. The second-order valence-corrected chi connectivity index (χ2v) is 6.09. The molecule has 0 aliphatic heterocycles. The smallest absolute Gasteiger partial charge is 0.233 e. The SMILES string of the molecule is CCCN(CC(=O)NC)CC(=O)c1cc(C)sc1C. The minimum absolute atomic E-state index is 0.0560. The van der Waals surface area contributed by atoms with E-state index in [9.17, 15) is 9.59 Å². The van der Waals surface area contributed by atoms with E-state index in [-0.39, 0.29) is 18.2 Å². The summed E-state index contributed by atoms with van der Waals surface area (Å²) < 4.78 is 0. The molecule has 0 aromatic carbocycles. The van der Waals surface area contributed by atoms with Crippen LogP contribution >= 0.6 is 11.3 Å². The van der Waals surface area contributed by atoms with Crippen LogP contribution in [-0.2, 0) is 4.79 Å². The Morgan fingerprint density at radius 1 is 1.32 bits per heavy atom. The second kappa shape index (κ2) is 7.40. The highest BCUT2D eigenvalue weighted by Gasteiger charge is 2.17. The van der Waals surface area contributed by atoms with Gasteiger partial charge in [-0.25, -0.2) is 0 Å². The Morgan fingerprint density at radius 2 is 2.00 bits per heavy atom. The van der Waals surface area contributed by atoms with Gasteiger partial charge in [0.2, 0.25) is 5.91 Å². The number of hydrogen-bond donors (Lipinski definition) is 1. The van der Waals surface area contributed by atoms with Crippen LogP contribution in [0.1, 0.15) is 33.5 Å². The standard InChI is InChI=1S/C14H22N2O2S/c1-5-6-16(9-14(18)15-4)8-13(17)12-7-10(2)19-11(12)3/h7H,5-6,8-9H2,1-4H3,(H,15,18). The molecule has 1 aromatic rings. The van der Waals surface area contributed by atoms with Crippen LogP contribution in [0.15, 0.2) is 6.07 Å². The van der Waals surface area contributed by atoms with Crippen LogP contribution in [0.25, 0.3) is 0 Å². The minimum atomic E-state index is -0.0560. The van der Waals surface area contributed by atoms with Crippen LogP contribution in [0.4, 0.5) is 0 Å². The summed E-state index contributed by atoms with van der Waals surface area (Å²) in [6, 6.07) is 1.94. The van der Waals surface area contributed by atoms with Crippen LogP contribution in [0.2, 0.25) is 0 Å². The van der Waals surface area contributed by atoms with E-state index in [1.54, 1.807) is 18.4 Å². The van der Waals surface area contributed by atoms with Gasteiger partial charge in [0, 0.05) is 22.4 Å². The van der Waals surface area contributed by atoms with Crippen LogP contribution in [0.5, 0.6) is 0 Å². The number of thiophene rings is 1. The lowest BCUT2D eigenvalue weighted by molar-refractivity contribution is -0.121. The Hall–Kier alpha value is -1.20. The number of ketones is 1. The first-order valence-electron chi connectivity index (χ1n) is 6.51. The Labute approximate surface area is 118 Å². The summed E-state index contributed by atoms with van der Waals surface area (Å²) in [6.07, 6.45) is 0.923. The maximum atomic E-state index is 12.3. The van der Waals surface area contributed by atoms with Crippen molar-refractivity contribution in [2.75, 3.05) is 26.7 Å². The third kappa shape index (κ3) is 4.76. The third-order valence-electron chi connectivity index (χ3n) is 2.89. The first kappa shape index (κ1) is 15.9. The Bertz CT molecular complexity index is 454. The van der Waals surface area contributed by atoms with Crippen LogP contribution in [0.3, 0.4) is 0 Å². The van der Waals surface area contributed by atoms with E-state index in [4.69, 9.17) is 0 Å². The lowest BCUT2D eigenvalue weighted by Crippen LogP contribution is -2.39. The number of hydrogen-bond acceptors (Lipinski definition) is 4. The van der Waals surface area contributed by atoms with Crippen molar-refractivity contribution in [2.24, 2.45) is 0 Å². The number of carbonyl (C=O) groups excluding carboxylic acids is 2. The number of nitrogens with one attached hydrogen (secondary N) is 1. The van der Waals surface area contributed by atoms with Gasteiger partial charge in [0.1, 0.15) is 0 Å². The predicted molar refractivity (Wildman–Crippen MR) is 78.9 cm³/mol. The summed E-state index contributed by atoms with van der Waals surface area (Å²) in [5.41, 5.74) is 0.792. The van der Waals surface area contributed by atoms with E-state index >= 15 is 0 Å². The molecule has 1 heterocycles. The van der Waals surface area contributed by atoms with E-state index < -0.39 is 0 Å². The van der Waals surface area contributed by atoms with Crippen molar-refractivity contribution < 1.29 is 9.59 Å². The number of carbonyl (C=O) groups is 2. The van der Waals surface area contributed by atoms with E-state index in [1.165, 1.54) is 0 Å². The van der Waals surface area contributed by atoms with Gasteiger partial charge in [0.25, 0.3) is 0 Å². The van der Waals surface area contributed by atoms with Crippen molar-refractivity contribution in [1.82, 2.24) is 10.2 Å². The molecule has 1 N–H and O–H groups in total. The second-order valence-electron chi connectivity index (χ2n) is 4.63. The number of amides is 1. The molecule has 0 bridgehead atoms. The first-order chi connectivity index (χ1) is 8.97. The highest BCUT2D eigenvalue weighted by atomic mass is 32.1. The highest BCUT2D eigenvalue weighted by Crippen LogP contribution is 2.21. The van der Waals surface area contributed by atoms with Gasteiger partial charge >= 0.3 is 0 Å². The topological polar surface area (TPSA) is 49.4 Å². The molecule has 0 unspecified atom stereocenters. The van der Waals surface area contributed by atoms with Gasteiger partial charge in [-0.05, 0) is 32.9 Å². The molecule has 0 saturated heterocycles. The fourth-order valence-corrected chi connectivity index (χ4v) is 2.95. The maximum absolute atomic E-state index is 12.3. The molecular formula is C14H22N2O2S. The monoisotopic (exact) mass is 282 g/mol. The van der Waals surface area contributed by atoms with E-state index in [2.05, 4.69) is 5.32 Å². The Kier molecular flexibility index (Phi) is 6.18. The number of nitrogens with zero attached hydrogens (tertiary/aromatic N) is 1. The van der Waals surface area contributed by atoms with Crippen LogP contribution in [-0.4, -0.2) is 43.3 Å². The van der Waals surface area contributed by atoms with E-state index in [1.807, 2.05) is 31.7 Å². The Balaban J connectivity index is 2.70. The normalized spacial score (nSPS) is 10.8. The lowest BCUT2D eigenvalue weighted by Gasteiger charge is -2.19. The van der Waals surface area contributed by atoms with Crippen molar-refractivity contribution in [3.63, 3.8) is 0 Å². The average molecular weight is 282 g/mol. The first-order valence-corrected chi connectivity index (χ1v) is 7.32. The van der Waals surface area contributed by atoms with Gasteiger partial charge in [0.05, 0.1) is 13.1 Å². The zero-order valence-corrected chi connectivity index (χ0v) is 12.9. The van der Waals surface area contributed by atoms with E-state index in [0.717, 1.165) is 28.3 Å². The van der Waals surface area contributed by atoms with Gasteiger partial charge in [0.15, 0.2) is 5.78 Å². The number of likely N-dealkylation sites (N-methyl/N-ethyl adjacent to an activating group) is 1. The molecule has 1 aromatic heterocycles. The van der Waals surface area contributed by atoms with Crippen molar-refractivity contribution in [1.29, 1.82) is 0 Å². The Morgan fingerprint density at radius 3 is 2.47 bits per heavy atom.